The van der Waals surface area contributed by atoms with E-state index in [9.17, 15) is 9.59 Å². The molecule has 1 atom stereocenters. The first-order valence-corrected chi connectivity index (χ1v) is 13.0. The monoisotopic (exact) mass is 631 g/mol. The lowest BCUT2D eigenvalue weighted by molar-refractivity contribution is -0.121. The average Bonchev–Trinajstić information content (AvgIpc) is 2.89. The minimum atomic E-state index is -0.591. The lowest BCUT2D eigenvalue weighted by Crippen LogP contribution is -2.33. The molecule has 2 N–H and O–H groups in total. The first-order chi connectivity index (χ1) is 17.9. The number of methoxy groups -OCH3 is 1. The molecule has 8 nitrogen and oxygen atoms in total. The number of hydrogen-bond acceptors (Lipinski definition) is 6. The highest BCUT2D eigenvalue weighted by Gasteiger charge is 2.19. The van der Waals surface area contributed by atoms with Crippen molar-refractivity contribution < 1.29 is 23.8 Å². The SMILES string of the molecule is CCOC(=O)N[C@@H](CC(=O)N/N=C\c1cc(Br)c(OCc2ccc(Br)cc2)c(OC)c1)c1ccccc1. The van der Waals surface area contributed by atoms with Crippen LogP contribution in [0.2, 0.25) is 0 Å². The van der Waals surface area contributed by atoms with Crippen LogP contribution in [0.4, 0.5) is 4.79 Å². The second kappa shape index (κ2) is 14.4. The lowest BCUT2D eigenvalue weighted by atomic mass is 10.0. The Balaban J connectivity index is 1.63. The van der Waals surface area contributed by atoms with Crippen LogP contribution < -0.4 is 20.2 Å². The molecule has 0 aliphatic heterocycles. The number of hydrazone groups is 1. The number of alkyl carbamates (subject to hydrolysis) is 1. The van der Waals surface area contributed by atoms with Gasteiger partial charge in [0.25, 0.3) is 0 Å². The average molecular weight is 633 g/mol. The van der Waals surface area contributed by atoms with Crippen molar-refractivity contribution in [1.82, 2.24) is 10.7 Å². The van der Waals surface area contributed by atoms with Crippen molar-refractivity contribution in [3.05, 3.63) is 92.4 Å². The maximum Gasteiger partial charge on any atom is 0.407 e. The van der Waals surface area contributed by atoms with Crippen molar-refractivity contribution in [2.75, 3.05) is 13.7 Å². The molecular weight excluding hydrogens is 606 g/mol. The molecule has 0 bridgehead atoms. The molecule has 0 aromatic heterocycles. The number of rotatable bonds is 11. The Bertz CT molecular complexity index is 1220. The van der Waals surface area contributed by atoms with E-state index in [1.165, 1.54) is 6.21 Å². The van der Waals surface area contributed by atoms with Crippen LogP contribution in [0.25, 0.3) is 0 Å². The fraction of sp³-hybridized carbons (Fsp3) is 0.222. The number of benzene rings is 3. The van der Waals surface area contributed by atoms with Crippen LogP contribution in [0.5, 0.6) is 11.5 Å². The van der Waals surface area contributed by atoms with E-state index in [2.05, 4.69) is 47.7 Å². The van der Waals surface area contributed by atoms with Crippen molar-refractivity contribution in [2.45, 2.75) is 26.0 Å². The van der Waals surface area contributed by atoms with Gasteiger partial charge in [-0.25, -0.2) is 10.2 Å². The summed E-state index contributed by atoms with van der Waals surface area (Å²) in [5.74, 6) is 0.701. The van der Waals surface area contributed by atoms with E-state index >= 15 is 0 Å². The summed E-state index contributed by atoms with van der Waals surface area (Å²) < 4.78 is 18.1. The number of ether oxygens (including phenoxy) is 3. The van der Waals surface area contributed by atoms with Gasteiger partial charge in [-0.3, -0.25) is 4.79 Å². The first kappa shape index (κ1) is 28.2. The van der Waals surface area contributed by atoms with Crippen LogP contribution in [0.15, 0.2) is 80.8 Å². The second-order valence-electron chi connectivity index (χ2n) is 7.77. The maximum absolute atomic E-state index is 12.6. The van der Waals surface area contributed by atoms with Crippen LogP contribution in [0.1, 0.15) is 36.1 Å². The van der Waals surface area contributed by atoms with Crippen molar-refractivity contribution in [1.29, 1.82) is 0 Å². The molecule has 0 radical (unpaired) electrons. The van der Waals surface area contributed by atoms with Crippen LogP contribution in [0.3, 0.4) is 0 Å². The number of nitrogens with one attached hydrogen (secondary N) is 2. The third kappa shape index (κ3) is 8.91. The van der Waals surface area contributed by atoms with Crippen LogP contribution in [-0.2, 0) is 16.1 Å². The van der Waals surface area contributed by atoms with Crippen LogP contribution >= 0.6 is 31.9 Å². The van der Waals surface area contributed by atoms with Gasteiger partial charge in [0.1, 0.15) is 6.61 Å². The predicted octanol–water partition coefficient (Wildman–Crippen LogP) is 6.13. The molecule has 0 unspecified atom stereocenters. The van der Waals surface area contributed by atoms with Crippen molar-refractivity contribution in [2.24, 2.45) is 5.10 Å². The number of amides is 2. The minimum Gasteiger partial charge on any atom is -0.493 e. The molecule has 37 heavy (non-hydrogen) atoms. The smallest absolute Gasteiger partial charge is 0.407 e. The van der Waals surface area contributed by atoms with E-state index in [1.54, 1.807) is 20.1 Å². The van der Waals surface area contributed by atoms with E-state index in [1.807, 2.05) is 60.7 Å². The molecule has 0 aliphatic carbocycles. The molecule has 194 valence electrons. The molecule has 0 saturated carbocycles. The Kier molecular flexibility index (Phi) is 11.0. The summed E-state index contributed by atoms with van der Waals surface area (Å²) in [5.41, 5.74) is 4.98. The normalized spacial score (nSPS) is 11.6. The molecular formula is C27H27Br2N3O5. The summed E-state index contributed by atoms with van der Waals surface area (Å²) in [6.07, 6.45) is 0.891. The van der Waals surface area contributed by atoms with Crippen molar-refractivity contribution in [3.8, 4) is 11.5 Å². The number of carbonyl (C=O) groups excluding carboxylic acids is 2. The highest BCUT2D eigenvalue weighted by molar-refractivity contribution is 9.10. The van der Waals surface area contributed by atoms with Crippen molar-refractivity contribution in [3.63, 3.8) is 0 Å². The third-order valence-corrected chi connectivity index (χ3v) is 6.23. The number of nitrogens with zero attached hydrogens (tertiary/aromatic N) is 1. The molecule has 2 amide bonds. The van der Waals surface area contributed by atoms with Crippen LogP contribution in [0, 0.1) is 0 Å². The van der Waals surface area contributed by atoms with Gasteiger partial charge in [-0.15, -0.1) is 0 Å². The molecule has 0 heterocycles. The highest BCUT2D eigenvalue weighted by Crippen LogP contribution is 2.37. The molecule has 10 heteroatoms. The van der Waals surface area contributed by atoms with Gasteiger partial charge in [-0.1, -0.05) is 58.4 Å². The predicted molar refractivity (Wildman–Crippen MR) is 149 cm³/mol. The fourth-order valence-corrected chi connectivity index (χ4v) is 4.19. The van der Waals surface area contributed by atoms with E-state index in [-0.39, 0.29) is 18.9 Å². The zero-order chi connectivity index (χ0) is 26.6. The standard InChI is InChI=1S/C27H27Br2N3O5/c1-3-36-27(34)31-23(20-7-5-4-6-8-20)15-25(33)32-30-16-19-13-22(29)26(24(14-19)35-2)37-17-18-9-11-21(28)12-10-18/h4-14,16,23H,3,15,17H2,1-2H3,(H,31,34)(H,32,33)/b30-16-/t23-/m0/s1. The quantitative estimate of drug-likeness (QED) is 0.196. The molecule has 0 fully saturated rings. The molecule has 3 rings (SSSR count). The van der Waals surface area contributed by atoms with E-state index in [4.69, 9.17) is 14.2 Å². The Morgan fingerprint density at radius 2 is 1.78 bits per heavy atom. The van der Waals surface area contributed by atoms with Gasteiger partial charge < -0.3 is 19.5 Å². The van der Waals surface area contributed by atoms with Gasteiger partial charge in [-0.05, 0) is 63.8 Å². The zero-order valence-corrected chi connectivity index (χ0v) is 23.5. The summed E-state index contributed by atoms with van der Waals surface area (Å²) >= 11 is 6.95. The van der Waals surface area contributed by atoms with Gasteiger partial charge >= 0.3 is 6.09 Å². The van der Waals surface area contributed by atoms with Gasteiger partial charge in [0.15, 0.2) is 11.5 Å². The number of halogens is 2. The lowest BCUT2D eigenvalue weighted by Gasteiger charge is -2.18. The number of hydrogen-bond donors (Lipinski definition) is 2. The Morgan fingerprint density at radius 1 is 1.05 bits per heavy atom. The van der Waals surface area contributed by atoms with Gasteiger partial charge in [-0.2, -0.15) is 5.10 Å². The van der Waals surface area contributed by atoms with E-state index in [0.717, 1.165) is 15.6 Å². The van der Waals surface area contributed by atoms with Crippen molar-refractivity contribution >= 4 is 50.1 Å². The van der Waals surface area contributed by atoms with Gasteiger partial charge in [0.2, 0.25) is 5.91 Å². The number of carbonyl (C=O) groups is 2. The highest BCUT2D eigenvalue weighted by atomic mass is 79.9. The molecule has 0 aliphatic rings. The second-order valence-corrected chi connectivity index (χ2v) is 9.54. The Labute approximate surface area is 232 Å². The summed E-state index contributed by atoms with van der Waals surface area (Å²) in [4.78, 5) is 24.5. The fourth-order valence-electron chi connectivity index (χ4n) is 3.35. The third-order valence-electron chi connectivity index (χ3n) is 5.11. The summed E-state index contributed by atoms with van der Waals surface area (Å²) in [6.45, 7) is 2.32. The van der Waals surface area contributed by atoms with E-state index in [0.29, 0.717) is 28.1 Å². The topological polar surface area (TPSA) is 98.2 Å². The van der Waals surface area contributed by atoms with Crippen LogP contribution in [-0.4, -0.2) is 31.9 Å². The van der Waals surface area contributed by atoms with Gasteiger partial charge in [0, 0.05) is 4.47 Å². The molecule has 3 aromatic carbocycles. The zero-order valence-electron chi connectivity index (χ0n) is 20.4. The Morgan fingerprint density at radius 3 is 2.46 bits per heavy atom. The van der Waals surface area contributed by atoms with E-state index < -0.39 is 12.1 Å². The summed E-state index contributed by atoms with van der Waals surface area (Å²) in [6, 6.07) is 20.0. The first-order valence-electron chi connectivity index (χ1n) is 11.4. The largest absolute Gasteiger partial charge is 0.493 e. The molecule has 3 aromatic rings. The summed E-state index contributed by atoms with van der Waals surface area (Å²) in [7, 11) is 1.55. The molecule has 0 spiro atoms. The minimum absolute atomic E-state index is 0.0178. The maximum atomic E-state index is 12.6. The van der Waals surface area contributed by atoms with Gasteiger partial charge in [0.05, 0.1) is 36.9 Å². The molecule has 0 saturated heterocycles. The summed E-state index contributed by atoms with van der Waals surface area (Å²) in [5, 5.41) is 6.78. The Hall–Kier alpha value is -3.37.